The van der Waals surface area contributed by atoms with Gasteiger partial charge in [0.1, 0.15) is 17.3 Å². The van der Waals surface area contributed by atoms with Gasteiger partial charge in [-0.15, -0.1) is 0 Å². The lowest BCUT2D eigenvalue weighted by molar-refractivity contribution is -0.140. The Morgan fingerprint density at radius 3 is 2.21 bits per heavy atom. The van der Waals surface area contributed by atoms with Crippen LogP contribution in [0, 0.1) is 0 Å². The molecule has 7 nitrogen and oxygen atoms in total. The van der Waals surface area contributed by atoms with E-state index in [-0.39, 0.29) is 16.7 Å². The molecular formula is C27H34N2O5. The van der Waals surface area contributed by atoms with Gasteiger partial charge in [0.2, 0.25) is 0 Å². The number of rotatable bonds is 7. The topological polar surface area (TPSA) is 79.3 Å². The largest absolute Gasteiger partial charge is 0.507 e. The van der Waals surface area contributed by atoms with Crippen LogP contribution in [0.2, 0.25) is 0 Å². The Hall–Kier alpha value is -3.32. The summed E-state index contributed by atoms with van der Waals surface area (Å²) in [4.78, 5) is 29.9. The number of likely N-dealkylation sites (N-methyl/N-ethyl adjacent to an activating group) is 1. The van der Waals surface area contributed by atoms with E-state index in [4.69, 9.17) is 9.47 Å². The Balaban J connectivity index is 2.23. The molecule has 0 bridgehead atoms. The van der Waals surface area contributed by atoms with Crippen LogP contribution in [0.25, 0.3) is 5.76 Å². The fourth-order valence-corrected chi connectivity index (χ4v) is 4.06. The van der Waals surface area contributed by atoms with E-state index < -0.39 is 17.7 Å². The lowest BCUT2D eigenvalue weighted by atomic mass is 9.85. The number of hydrogen-bond acceptors (Lipinski definition) is 6. The highest BCUT2D eigenvalue weighted by molar-refractivity contribution is 6.46. The number of carbonyl (C=O) groups is 2. The number of methoxy groups -OCH3 is 2. The van der Waals surface area contributed by atoms with Crippen molar-refractivity contribution in [2.24, 2.45) is 0 Å². The molecule has 2 aromatic carbocycles. The summed E-state index contributed by atoms with van der Waals surface area (Å²) in [6.07, 6.45) is 0. The highest BCUT2D eigenvalue weighted by Crippen LogP contribution is 2.42. The lowest BCUT2D eigenvalue weighted by Gasteiger charge is -2.27. The molecule has 182 valence electrons. The van der Waals surface area contributed by atoms with Crippen molar-refractivity contribution in [1.29, 1.82) is 0 Å². The molecule has 2 aromatic rings. The predicted octanol–water partition coefficient (Wildman–Crippen LogP) is 3.98. The zero-order chi connectivity index (χ0) is 25.2. The number of hydrogen-bond donors (Lipinski definition) is 1. The summed E-state index contributed by atoms with van der Waals surface area (Å²) in [6.45, 7) is 7.11. The zero-order valence-corrected chi connectivity index (χ0v) is 21.0. The van der Waals surface area contributed by atoms with E-state index in [1.54, 1.807) is 25.3 Å². The molecule has 3 rings (SSSR count). The fourth-order valence-electron chi connectivity index (χ4n) is 4.06. The highest BCUT2D eigenvalue weighted by Gasteiger charge is 2.46. The first-order valence-corrected chi connectivity index (χ1v) is 11.3. The van der Waals surface area contributed by atoms with Crippen molar-refractivity contribution < 1.29 is 24.2 Å². The van der Waals surface area contributed by atoms with Gasteiger partial charge in [0.05, 0.1) is 31.4 Å². The molecule has 1 aliphatic rings. The minimum Gasteiger partial charge on any atom is -0.507 e. The molecule has 0 aliphatic carbocycles. The van der Waals surface area contributed by atoms with Crippen LogP contribution in [-0.4, -0.2) is 68.0 Å². The van der Waals surface area contributed by atoms with E-state index in [0.29, 0.717) is 35.7 Å². The summed E-state index contributed by atoms with van der Waals surface area (Å²) < 4.78 is 10.8. The molecule has 0 radical (unpaired) electrons. The Kier molecular flexibility index (Phi) is 7.36. The summed E-state index contributed by atoms with van der Waals surface area (Å²) in [5, 5.41) is 11.5. The van der Waals surface area contributed by atoms with Gasteiger partial charge in [-0.05, 0) is 54.9 Å². The molecule has 34 heavy (non-hydrogen) atoms. The van der Waals surface area contributed by atoms with Gasteiger partial charge in [-0.3, -0.25) is 9.59 Å². The maximum absolute atomic E-state index is 13.3. The van der Waals surface area contributed by atoms with E-state index >= 15 is 0 Å². The minimum atomic E-state index is -0.728. The number of aliphatic hydroxyl groups is 1. The van der Waals surface area contributed by atoms with Crippen molar-refractivity contribution in [2.45, 2.75) is 32.2 Å². The maximum atomic E-state index is 13.3. The van der Waals surface area contributed by atoms with E-state index in [9.17, 15) is 14.7 Å². The predicted molar refractivity (Wildman–Crippen MR) is 132 cm³/mol. The normalized spacial score (nSPS) is 18.0. The number of aliphatic hydroxyl groups excluding tert-OH is 1. The van der Waals surface area contributed by atoms with Crippen LogP contribution < -0.4 is 9.47 Å². The summed E-state index contributed by atoms with van der Waals surface area (Å²) in [6, 6.07) is 12.0. The molecule has 1 fully saturated rings. The van der Waals surface area contributed by atoms with Crippen LogP contribution in [0.1, 0.15) is 43.5 Å². The average Bonchev–Trinajstić information content (AvgIpc) is 3.06. The fraction of sp³-hybridized carbons (Fsp3) is 0.407. The van der Waals surface area contributed by atoms with Crippen LogP contribution in [0.15, 0.2) is 48.0 Å². The standard InChI is InChI=1S/C27H34N2O5/c1-27(2,3)18-10-13-21(34-7)20(16-18)24(30)22-23(17-8-11-19(33-6)12-9-17)29(15-14-28(4)5)26(32)25(22)31/h8-13,16,23,30H,14-15H2,1-7H3/b24-22+. The molecule has 7 heteroatoms. The third kappa shape index (κ3) is 4.94. The number of amides is 1. The monoisotopic (exact) mass is 466 g/mol. The number of carbonyl (C=O) groups excluding carboxylic acids is 2. The second kappa shape index (κ2) is 9.89. The molecule has 1 unspecified atom stereocenters. The third-order valence-electron chi connectivity index (χ3n) is 6.08. The van der Waals surface area contributed by atoms with Gasteiger partial charge < -0.3 is 24.4 Å². The van der Waals surface area contributed by atoms with Gasteiger partial charge in [-0.2, -0.15) is 0 Å². The Labute approximate surface area is 201 Å². The minimum absolute atomic E-state index is 0.0540. The maximum Gasteiger partial charge on any atom is 0.295 e. The smallest absolute Gasteiger partial charge is 0.295 e. The highest BCUT2D eigenvalue weighted by atomic mass is 16.5. The summed E-state index contributed by atoms with van der Waals surface area (Å²) in [7, 11) is 6.90. The van der Waals surface area contributed by atoms with Crippen LogP contribution in [0.3, 0.4) is 0 Å². The van der Waals surface area contributed by atoms with E-state index in [1.807, 2.05) is 43.3 Å². The third-order valence-corrected chi connectivity index (χ3v) is 6.08. The van der Waals surface area contributed by atoms with Crippen molar-refractivity contribution in [3.05, 3.63) is 64.7 Å². The van der Waals surface area contributed by atoms with E-state index in [2.05, 4.69) is 20.8 Å². The molecule has 1 aliphatic heterocycles. The van der Waals surface area contributed by atoms with Gasteiger partial charge in [-0.25, -0.2) is 0 Å². The second-order valence-electron chi connectivity index (χ2n) is 9.73. The van der Waals surface area contributed by atoms with Crippen LogP contribution in [0.4, 0.5) is 0 Å². The molecule has 1 N–H and O–H groups in total. The molecule has 1 atom stereocenters. The molecule has 1 saturated heterocycles. The van der Waals surface area contributed by atoms with E-state index in [0.717, 1.165) is 5.56 Å². The number of ether oxygens (including phenoxy) is 2. The van der Waals surface area contributed by atoms with Gasteiger partial charge in [0.25, 0.3) is 11.7 Å². The summed E-state index contributed by atoms with van der Waals surface area (Å²) in [5.41, 5.74) is 1.94. The Morgan fingerprint density at radius 2 is 1.68 bits per heavy atom. The summed E-state index contributed by atoms with van der Waals surface area (Å²) >= 11 is 0. The molecule has 0 saturated carbocycles. The first-order valence-electron chi connectivity index (χ1n) is 11.3. The Bertz CT molecular complexity index is 1100. The van der Waals surface area contributed by atoms with Gasteiger partial charge in [0.15, 0.2) is 0 Å². The number of nitrogens with zero attached hydrogens (tertiary/aromatic N) is 2. The van der Waals surface area contributed by atoms with Gasteiger partial charge in [0, 0.05) is 13.1 Å². The second-order valence-corrected chi connectivity index (χ2v) is 9.73. The quantitative estimate of drug-likeness (QED) is 0.378. The van der Waals surface area contributed by atoms with Crippen molar-refractivity contribution in [1.82, 2.24) is 9.80 Å². The van der Waals surface area contributed by atoms with Crippen molar-refractivity contribution in [3.8, 4) is 11.5 Å². The molecule has 0 spiro atoms. The van der Waals surface area contributed by atoms with Crippen LogP contribution in [0.5, 0.6) is 11.5 Å². The zero-order valence-electron chi connectivity index (χ0n) is 21.0. The first-order chi connectivity index (χ1) is 16.0. The molecular weight excluding hydrogens is 432 g/mol. The number of likely N-dealkylation sites (tertiary alicyclic amines) is 1. The molecule has 0 aromatic heterocycles. The van der Waals surface area contributed by atoms with Gasteiger partial charge >= 0.3 is 0 Å². The van der Waals surface area contributed by atoms with E-state index in [1.165, 1.54) is 12.0 Å². The SMILES string of the molecule is COc1ccc(C2/C(=C(\O)c3cc(C(C)(C)C)ccc3OC)C(=O)C(=O)N2CCN(C)C)cc1. The van der Waals surface area contributed by atoms with Crippen molar-refractivity contribution in [3.63, 3.8) is 0 Å². The number of Topliss-reactive ketones (excluding diaryl/α,β-unsaturated/α-hetero) is 1. The van der Waals surface area contributed by atoms with Gasteiger partial charge in [-0.1, -0.05) is 39.0 Å². The van der Waals surface area contributed by atoms with Crippen LogP contribution >= 0.6 is 0 Å². The number of benzene rings is 2. The molecule has 1 heterocycles. The van der Waals surface area contributed by atoms with Crippen molar-refractivity contribution in [2.75, 3.05) is 41.4 Å². The van der Waals surface area contributed by atoms with Crippen LogP contribution in [-0.2, 0) is 15.0 Å². The Morgan fingerprint density at radius 1 is 1.03 bits per heavy atom. The number of ketones is 1. The lowest BCUT2D eigenvalue weighted by Crippen LogP contribution is -2.35. The average molecular weight is 467 g/mol. The summed E-state index contributed by atoms with van der Waals surface area (Å²) in [5.74, 6) is -0.489. The first kappa shape index (κ1) is 25.3. The van der Waals surface area contributed by atoms with Crippen molar-refractivity contribution >= 4 is 17.4 Å². The molecule has 1 amide bonds.